The third kappa shape index (κ3) is 5.08. The van der Waals surface area contributed by atoms with Gasteiger partial charge >= 0.3 is 0 Å². The number of nitrogens with one attached hydrogen (secondary N) is 1. The van der Waals surface area contributed by atoms with Crippen LogP contribution in [0.3, 0.4) is 0 Å². The number of benzene rings is 3. The van der Waals surface area contributed by atoms with Crippen LogP contribution in [0.25, 0.3) is 16.6 Å². The lowest BCUT2D eigenvalue weighted by atomic mass is 10.1. The van der Waals surface area contributed by atoms with E-state index in [1.165, 1.54) is 11.8 Å². The van der Waals surface area contributed by atoms with Gasteiger partial charge in [-0.25, -0.2) is 0 Å². The molecule has 0 saturated heterocycles. The normalized spacial score (nSPS) is 10.9. The summed E-state index contributed by atoms with van der Waals surface area (Å²) in [6.45, 7) is 4.17. The number of aryl methyl sites for hydroxylation is 2. The van der Waals surface area contributed by atoms with Crippen LogP contribution in [-0.4, -0.2) is 31.4 Å². The molecule has 1 N–H and O–H groups in total. The molecule has 0 saturated carbocycles. The molecule has 0 atom stereocenters. The summed E-state index contributed by atoms with van der Waals surface area (Å²) in [5, 5.41) is 13.4. The molecule has 1 amide bonds. The van der Waals surface area contributed by atoms with E-state index in [9.17, 15) is 4.79 Å². The smallest absolute Gasteiger partial charge is 0.234 e. The Morgan fingerprint density at radius 2 is 1.67 bits per heavy atom. The van der Waals surface area contributed by atoms with Gasteiger partial charge in [-0.2, -0.15) is 0 Å². The minimum absolute atomic E-state index is 0.0976. The van der Waals surface area contributed by atoms with Crippen molar-refractivity contribution in [2.75, 3.05) is 11.1 Å². The zero-order chi connectivity index (χ0) is 24.9. The molecule has 0 aliphatic rings. The third-order valence-electron chi connectivity index (χ3n) is 5.75. The highest BCUT2D eigenvalue weighted by atomic mass is 32.2. The Balaban J connectivity index is 1.36. The van der Waals surface area contributed by atoms with E-state index < -0.39 is 0 Å². The fraction of sp³-hybridized carbons (Fsp3) is 0.143. The van der Waals surface area contributed by atoms with Gasteiger partial charge in [-0.15, -0.1) is 10.2 Å². The Kier molecular flexibility index (Phi) is 6.95. The van der Waals surface area contributed by atoms with Crippen molar-refractivity contribution in [3.8, 4) is 11.4 Å². The van der Waals surface area contributed by atoms with Gasteiger partial charge in [0.1, 0.15) is 17.9 Å². The van der Waals surface area contributed by atoms with E-state index in [1.807, 2.05) is 97.3 Å². The minimum Gasteiger partial charge on any atom is -0.483 e. The predicted molar refractivity (Wildman–Crippen MR) is 143 cm³/mol. The maximum absolute atomic E-state index is 12.8. The van der Waals surface area contributed by atoms with Crippen molar-refractivity contribution < 1.29 is 9.53 Å². The van der Waals surface area contributed by atoms with Crippen LogP contribution in [0.5, 0.6) is 5.75 Å². The Morgan fingerprint density at radius 1 is 0.917 bits per heavy atom. The van der Waals surface area contributed by atoms with E-state index in [0.717, 1.165) is 33.4 Å². The second kappa shape index (κ2) is 10.6. The van der Waals surface area contributed by atoms with Crippen LogP contribution in [0.15, 0.2) is 90.2 Å². The summed E-state index contributed by atoms with van der Waals surface area (Å²) in [7, 11) is 0. The molecule has 0 radical (unpaired) electrons. The molecule has 2 heterocycles. The molecule has 0 unspecified atom stereocenters. The van der Waals surface area contributed by atoms with E-state index in [1.54, 1.807) is 6.20 Å². The molecule has 0 aliphatic carbocycles. The Hall–Kier alpha value is -4.17. The molecular weight excluding hydrogens is 470 g/mol. The number of ether oxygens (including phenoxy) is 1. The van der Waals surface area contributed by atoms with Crippen molar-refractivity contribution in [3.05, 3.63) is 102 Å². The number of aromatic nitrogens is 4. The highest BCUT2D eigenvalue weighted by Gasteiger charge is 2.17. The summed E-state index contributed by atoms with van der Waals surface area (Å²) in [6, 6.07) is 25.5. The number of anilines is 1. The molecule has 2 aromatic heterocycles. The van der Waals surface area contributed by atoms with Crippen LogP contribution in [0, 0.1) is 13.8 Å². The number of carbonyl (C=O) groups excluding carboxylic acids is 1. The second-order valence-corrected chi connectivity index (χ2v) is 9.24. The standard InChI is InChI=1S/C28H25N5O2S/c1-19-9-6-10-20(2)26(19)30-25(34)18-36-28-32-31-24(33(28)22-13-4-3-5-14-22)17-35-23-15-7-11-21-12-8-16-29-27(21)23/h3-16H,17-18H2,1-2H3,(H,30,34). The number of thioether (sulfide) groups is 1. The van der Waals surface area contributed by atoms with Crippen molar-refractivity contribution in [3.63, 3.8) is 0 Å². The van der Waals surface area contributed by atoms with E-state index >= 15 is 0 Å². The van der Waals surface area contributed by atoms with Crippen LogP contribution in [0.4, 0.5) is 5.69 Å². The number of hydrogen-bond acceptors (Lipinski definition) is 6. The molecule has 180 valence electrons. The second-order valence-electron chi connectivity index (χ2n) is 8.29. The van der Waals surface area contributed by atoms with Gasteiger partial charge in [0.05, 0.1) is 5.75 Å². The largest absolute Gasteiger partial charge is 0.483 e. The first-order chi connectivity index (χ1) is 17.6. The van der Waals surface area contributed by atoms with Crippen molar-refractivity contribution in [2.24, 2.45) is 0 Å². The zero-order valence-corrected chi connectivity index (χ0v) is 20.8. The number of rotatable bonds is 8. The van der Waals surface area contributed by atoms with E-state index in [4.69, 9.17) is 4.74 Å². The van der Waals surface area contributed by atoms with Gasteiger partial charge in [0.2, 0.25) is 5.91 Å². The van der Waals surface area contributed by atoms with Gasteiger partial charge in [-0.05, 0) is 49.2 Å². The summed E-state index contributed by atoms with van der Waals surface area (Å²) >= 11 is 1.34. The molecule has 36 heavy (non-hydrogen) atoms. The van der Waals surface area contributed by atoms with Crippen molar-refractivity contribution in [2.45, 2.75) is 25.6 Å². The molecule has 0 spiro atoms. The fourth-order valence-electron chi connectivity index (χ4n) is 3.98. The SMILES string of the molecule is Cc1cccc(C)c1NC(=O)CSc1nnc(COc2cccc3cccnc23)n1-c1ccccc1. The van der Waals surface area contributed by atoms with Crippen LogP contribution >= 0.6 is 11.8 Å². The molecule has 0 fully saturated rings. The number of fused-ring (bicyclic) bond motifs is 1. The van der Waals surface area contributed by atoms with E-state index in [-0.39, 0.29) is 18.3 Å². The summed E-state index contributed by atoms with van der Waals surface area (Å²) < 4.78 is 8.06. The fourth-order valence-corrected chi connectivity index (χ4v) is 4.75. The first kappa shape index (κ1) is 23.6. The predicted octanol–water partition coefficient (Wildman–Crippen LogP) is 5.74. The Morgan fingerprint density at radius 3 is 2.47 bits per heavy atom. The molecule has 8 heteroatoms. The van der Waals surface area contributed by atoms with Gasteiger partial charge in [0, 0.05) is 23.0 Å². The van der Waals surface area contributed by atoms with Crippen molar-refractivity contribution >= 4 is 34.3 Å². The summed E-state index contributed by atoms with van der Waals surface area (Å²) in [4.78, 5) is 17.2. The molecule has 5 aromatic rings. The summed E-state index contributed by atoms with van der Waals surface area (Å²) in [5.74, 6) is 1.41. The maximum Gasteiger partial charge on any atom is 0.234 e. The molecule has 5 rings (SSSR count). The number of amides is 1. The van der Waals surface area contributed by atoms with Gasteiger partial charge in [-0.3, -0.25) is 14.3 Å². The van der Waals surface area contributed by atoms with Gasteiger partial charge in [0.15, 0.2) is 11.0 Å². The van der Waals surface area contributed by atoms with Crippen LogP contribution in [0.2, 0.25) is 0 Å². The van der Waals surface area contributed by atoms with Crippen LogP contribution < -0.4 is 10.1 Å². The quantitative estimate of drug-likeness (QED) is 0.276. The number of nitrogens with zero attached hydrogens (tertiary/aromatic N) is 4. The summed E-state index contributed by atoms with van der Waals surface area (Å²) in [5.41, 5.74) is 4.61. The highest BCUT2D eigenvalue weighted by molar-refractivity contribution is 7.99. The average Bonchev–Trinajstić information content (AvgIpc) is 3.31. The topological polar surface area (TPSA) is 81.9 Å². The molecule has 0 bridgehead atoms. The molecule has 3 aromatic carbocycles. The van der Waals surface area contributed by atoms with E-state index in [0.29, 0.717) is 16.7 Å². The Bertz CT molecular complexity index is 1490. The number of pyridine rings is 1. The van der Waals surface area contributed by atoms with Crippen LogP contribution in [0.1, 0.15) is 17.0 Å². The lowest BCUT2D eigenvalue weighted by Crippen LogP contribution is -2.16. The lowest BCUT2D eigenvalue weighted by Gasteiger charge is -2.13. The molecule has 7 nitrogen and oxygen atoms in total. The number of hydrogen-bond donors (Lipinski definition) is 1. The monoisotopic (exact) mass is 495 g/mol. The third-order valence-corrected chi connectivity index (χ3v) is 6.67. The van der Waals surface area contributed by atoms with E-state index in [2.05, 4.69) is 20.5 Å². The van der Waals surface area contributed by atoms with Crippen molar-refractivity contribution in [1.82, 2.24) is 19.7 Å². The maximum atomic E-state index is 12.8. The first-order valence-corrected chi connectivity index (χ1v) is 12.5. The zero-order valence-electron chi connectivity index (χ0n) is 20.0. The summed E-state index contributed by atoms with van der Waals surface area (Å²) in [6.07, 6.45) is 1.75. The van der Waals surface area contributed by atoms with Crippen molar-refractivity contribution in [1.29, 1.82) is 0 Å². The first-order valence-electron chi connectivity index (χ1n) is 11.6. The van der Waals surface area contributed by atoms with Crippen LogP contribution in [-0.2, 0) is 11.4 Å². The number of carbonyl (C=O) groups is 1. The average molecular weight is 496 g/mol. The minimum atomic E-state index is -0.0976. The molecule has 0 aliphatic heterocycles. The Labute approximate surface area is 213 Å². The highest BCUT2D eigenvalue weighted by Crippen LogP contribution is 2.27. The van der Waals surface area contributed by atoms with Gasteiger partial charge in [0.25, 0.3) is 0 Å². The number of para-hydroxylation sites is 3. The molecular formula is C28H25N5O2S. The van der Waals surface area contributed by atoms with Gasteiger partial charge < -0.3 is 10.1 Å². The van der Waals surface area contributed by atoms with Gasteiger partial charge in [-0.1, -0.05) is 66.4 Å². The lowest BCUT2D eigenvalue weighted by molar-refractivity contribution is -0.113.